The summed E-state index contributed by atoms with van der Waals surface area (Å²) in [5.41, 5.74) is 1.62. The van der Waals surface area contributed by atoms with E-state index in [0.717, 1.165) is 19.6 Å². The SMILES string of the molecule is CCC1CNC2(CCCC2)CN1Cc1ccc(Cl)c(Cl)c1. The summed E-state index contributed by atoms with van der Waals surface area (Å²) >= 11 is 12.2. The van der Waals surface area contributed by atoms with E-state index in [1.54, 1.807) is 0 Å². The Morgan fingerprint density at radius 1 is 1.24 bits per heavy atom. The fraction of sp³-hybridized carbons (Fsp3) is 0.647. The van der Waals surface area contributed by atoms with Gasteiger partial charge in [0.05, 0.1) is 10.0 Å². The molecule has 0 radical (unpaired) electrons. The molecule has 1 saturated heterocycles. The first-order valence-corrected chi connectivity index (χ1v) is 8.80. The number of nitrogens with one attached hydrogen (secondary N) is 1. The summed E-state index contributed by atoms with van der Waals surface area (Å²) in [4.78, 5) is 2.64. The molecule has 1 atom stereocenters. The van der Waals surface area contributed by atoms with E-state index in [9.17, 15) is 0 Å². The number of halogens is 2. The van der Waals surface area contributed by atoms with Crippen LogP contribution in [0.5, 0.6) is 0 Å². The summed E-state index contributed by atoms with van der Waals surface area (Å²) in [6.07, 6.45) is 6.56. The van der Waals surface area contributed by atoms with Crippen LogP contribution in [0.3, 0.4) is 0 Å². The van der Waals surface area contributed by atoms with Gasteiger partial charge in [0.25, 0.3) is 0 Å². The van der Waals surface area contributed by atoms with E-state index in [4.69, 9.17) is 23.2 Å². The molecule has 116 valence electrons. The summed E-state index contributed by atoms with van der Waals surface area (Å²) < 4.78 is 0. The Hall–Kier alpha value is -0.280. The van der Waals surface area contributed by atoms with Gasteiger partial charge in [0.1, 0.15) is 0 Å². The lowest BCUT2D eigenvalue weighted by Crippen LogP contribution is -2.62. The third kappa shape index (κ3) is 3.39. The minimum absolute atomic E-state index is 0.363. The van der Waals surface area contributed by atoms with Gasteiger partial charge in [-0.25, -0.2) is 0 Å². The third-order valence-electron chi connectivity index (χ3n) is 5.14. The fourth-order valence-corrected chi connectivity index (χ4v) is 4.20. The van der Waals surface area contributed by atoms with Crippen LogP contribution >= 0.6 is 23.2 Å². The molecule has 0 aromatic heterocycles. The van der Waals surface area contributed by atoms with Crippen LogP contribution in [0.4, 0.5) is 0 Å². The molecule has 1 aliphatic carbocycles. The van der Waals surface area contributed by atoms with Crippen LogP contribution in [0.2, 0.25) is 10.0 Å². The summed E-state index contributed by atoms with van der Waals surface area (Å²) in [5.74, 6) is 0. The minimum Gasteiger partial charge on any atom is -0.308 e. The van der Waals surface area contributed by atoms with Crippen molar-refractivity contribution >= 4 is 23.2 Å². The highest BCUT2D eigenvalue weighted by Gasteiger charge is 2.40. The zero-order valence-electron chi connectivity index (χ0n) is 12.7. The van der Waals surface area contributed by atoms with Crippen molar-refractivity contribution in [2.45, 2.75) is 57.2 Å². The highest BCUT2D eigenvalue weighted by Crippen LogP contribution is 2.34. The molecule has 0 bridgehead atoms. The lowest BCUT2D eigenvalue weighted by Gasteiger charge is -2.46. The first-order chi connectivity index (χ1) is 10.1. The van der Waals surface area contributed by atoms with Crippen molar-refractivity contribution in [3.63, 3.8) is 0 Å². The first kappa shape index (κ1) is 15.6. The van der Waals surface area contributed by atoms with E-state index in [2.05, 4.69) is 23.2 Å². The van der Waals surface area contributed by atoms with Gasteiger partial charge in [-0.1, -0.05) is 49.0 Å². The van der Waals surface area contributed by atoms with Crippen LogP contribution in [0.25, 0.3) is 0 Å². The van der Waals surface area contributed by atoms with Gasteiger partial charge in [-0.05, 0) is 37.0 Å². The van der Waals surface area contributed by atoms with Gasteiger partial charge >= 0.3 is 0 Å². The zero-order chi connectivity index (χ0) is 14.9. The normalized spacial score (nSPS) is 25.6. The number of hydrogen-bond acceptors (Lipinski definition) is 2. The van der Waals surface area contributed by atoms with Gasteiger partial charge < -0.3 is 5.32 Å². The molecule has 3 rings (SSSR count). The Labute approximate surface area is 137 Å². The summed E-state index contributed by atoms with van der Waals surface area (Å²) in [6, 6.07) is 6.64. The Balaban J connectivity index is 1.75. The second kappa shape index (κ2) is 6.45. The van der Waals surface area contributed by atoms with E-state index in [0.29, 0.717) is 21.6 Å². The fourth-order valence-electron chi connectivity index (χ4n) is 3.88. The maximum absolute atomic E-state index is 6.16. The molecule has 1 spiro atoms. The highest BCUT2D eigenvalue weighted by molar-refractivity contribution is 6.42. The van der Waals surface area contributed by atoms with Crippen LogP contribution in [-0.2, 0) is 6.54 Å². The molecule has 2 fully saturated rings. The van der Waals surface area contributed by atoms with Gasteiger partial charge in [-0.3, -0.25) is 4.90 Å². The highest BCUT2D eigenvalue weighted by atomic mass is 35.5. The van der Waals surface area contributed by atoms with Crippen molar-refractivity contribution in [1.82, 2.24) is 10.2 Å². The predicted molar refractivity (Wildman–Crippen MR) is 90.2 cm³/mol. The van der Waals surface area contributed by atoms with Crippen molar-refractivity contribution in [2.75, 3.05) is 13.1 Å². The second-order valence-corrected chi connectivity index (χ2v) is 7.40. The van der Waals surface area contributed by atoms with Crippen molar-refractivity contribution in [2.24, 2.45) is 0 Å². The second-order valence-electron chi connectivity index (χ2n) is 6.58. The van der Waals surface area contributed by atoms with Gasteiger partial charge in [-0.2, -0.15) is 0 Å². The van der Waals surface area contributed by atoms with E-state index in [1.807, 2.05) is 12.1 Å². The average Bonchev–Trinajstić information content (AvgIpc) is 2.91. The Kier molecular flexibility index (Phi) is 4.80. The zero-order valence-corrected chi connectivity index (χ0v) is 14.2. The Bertz CT molecular complexity index is 498. The summed E-state index contributed by atoms with van der Waals surface area (Å²) in [7, 11) is 0. The topological polar surface area (TPSA) is 15.3 Å². The van der Waals surface area contributed by atoms with Crippen molar-refractivity contribution < 1.29 is 0 Å². The maximum Gasteiger partial charge on any atom is 0.0595 e. The van der Waals surface area contributed by atoms with Gasteiger partial charge in [0.2, 0.25) is 0 Å². The standard InChI is InChI=1S/C17H24Cl2N2/c1-2-14-10-20-17(7-3-4-8-17)12-21(14)11-13-5-6-15(18)16(19)9-13/h5-6,9,14,20H,2-4,7-8,10-12H2,1H3. The number of rotatable bonds is 3. The molecule has 1 N–H and O–H groups in total. The van der Waals surface area contributed by atoms with Gasteiger partial charge in [0.15, 0.2) is 0 Å². The van der Waals surface area contributed by atoms with Crippen molar-refractivity contribution in [1.29, 1.82) is 0 Å². The Morgan fingerprint density at radius 2 is 2.00 bits per heavy atom. The van der Waals surface area contributed by atoms with E-state index >= 15 is 0 Å². The molecule has 1 saturated carbocycles. The van der Waals surface area contributed by atoms with Crippen LogP contribution in [0.1, 0.15) is 44.6 Å². The molecule has 1 aromatic rings. The van der Waals surface area contributed by atoms with E-state index in [-0.39, 0.29) is 0 Å². The molecule has 1 unspecified atom stereocenters. The number of nitrogens with zero attached hydrogens (tertiary/aromatic N) is 1. The molecule has 1 aliphatic heterocycles. The van der Waals surface area contributed by atoms with Crippen LogP contribution < -0.4 is 5.32 Å². The largest absolute Gasteiger partial charge is 0.308 e. The van der Waals surface area contributed by atoms with E-state index < -0.39 is 0 Å². The number of benzene rings is 1. The molecule has 1 aromatic carbocycles. The van der Waals surface area contributed by atoms with Gasteiger partial charge in [0, 0.05) is 31.2 Å². The minimum atomic E-state index is 0.363. The van der Waals surface area contributed by atoms with Crippen molar-refractivity contribution in [3.05, 3.63) is 33.8 Å². The summed E-state index contributed by atoms with van der Waals surface area (Å²) in [5, 5.41) is 5.14. The quantitative estimate of drug-likeness (QED) is 0.880. The smallest absolute Gasteiger partial charge is 0.0595 e. The molecule has 4 heteroatoms. The number of hydrogen-bond donors (Lipinski definition) is 1. The first-order valence-electron chi connectivity index (χ1n) is 8.05. The third-order valence-corrected chi connectivity index (χ3v) is 5.88. The molecule has 1 heterocycles. The Morgan fingerprint density at radius 3 is 2.67 bits per heavy atom. The molecule has 21 heavy (non-hydrogen) atoms. The molecule has 0 amide bonds. The molecule has 2 aliphatic rings. The van der Waals surface area contributed by atoms with Crippen LogP contribution in [-0.4, -0.2) is 29.6 Å². The summed E-state index contributed by atoms with van der Waals surface area (Å²) in [6.45, 7) is 5.52. The average molecular weight is 327 g/mol. The lowest BCUT2D eigenvalue weighted by atomic mass is 9.91. The van der Waals surface area contributed by atoms with Gasteiger partial charge in [-0.15, -0.1) is 0 Å². The molecule has 2 nitrogen and oxygen atoms in total. The molecular formula is C17H24Cl2N2. The van der Waals surface area contributed by atoms with E-state index in [1.165, 1.54) is 37.7 Å². The molecular weight excluding hydrogens is 303 g/mol. The lowest BCUT2D eigenvalue weighted by molar-refractivity contribution is 0.0718. The monoisotopic (exact) mass is 326 g/mol. The van der Waals surface area contributed by atoms with Crippen LogP contribution in [0, 0.1) is 0 Å². The predicted octanol–water partition coefficient (Wildman–Crippen LogP) is 4.49. The maximum atomic E-state index is 6.16. The van der Waals surface area contributed by atoms with Crippen molar-refractivity contribution in [3.8, 4) is 0 Å². The van der Waals surface area contributed by atoms with Crippen LogP contribution in [0.15, 0.2) is 18.2 Å². The number of piperazine rings is 1.